The molecule has 1 aromatic carbocycles. The van der Waals surface area contributed by atoms with E-state index in [2.05, 4.69) is 44.8 Å². The van der Waals surface area contributed by atoms with Gasteiger partial charge in [0.2, 0.25) is 18.3 Å². The van der Waals surface area contributed by atoms with Crippen LogP contribution in [0.15, 0.2) is 28.8 Å². The fourth-order valence-corrected chi connectivity index (χ4v) is 4.29. The highest BCUT2D eigenvalue weighted by molar-refractivity contribution is 5.88. The fraction of sp³-hybridized carbons (Fsp3) is 0.500. The summed E-state index contributed by atoms with van der Waals surface area (Å²) in [5, 5.41) is 9.91. The normalized spacial score (nSPS) is 16.3. The first-order chi connectivity index (χ1) is 19.2. The van der Waals surface area contributed by atoms with Crippen molar-refractivity contribution in [2.45, 2.75) is 24.9 Å². The maximum Gasteiger partial charge on any atom is 0.446 e. The summed E-state index contributed by atoms with van der Waals surface area (Å²) < 4.78 is 42.7. The number of fused-ring (bicyclic) bond motifs is 1. The van der Waals surface area contributed by atoms with Gasteiger partial charge in [-0.2, -0.15) is 13.2 Å². The molecule has 2 fully saturated rings. The Labute approximate surface area is 230 Å². The van der Waals surface area contributed by atoms with Crippen LogP contribution < -0.4 is 15.5 Å². The number of ether oxygens (including phenoxy) is 1. The van der Waals surface area contributed by atoms with Crippen molar-refractivity contribution in [2.75, 3.05) is 70.8 Å². The molecule has 4 heterocycles. The van der Waals surface area contributed by atoms with E-state index in [1.807, 2.05) is 19.2 Å². The molecule has 218 valence electrons. The Morgan fingerprint density at radius 2 is 1.60 bits per heavy atom. The molecule has 1 amide bonds. The number of aromatic nitrogens is 3. The van der Waals surface area contributed by atoms with Gasteiger partial charge in [0.1, 0.15) is 11.2 Å². The van der Waals surface area contributed by atoms with Gasteiger partial charge >= 0.3 is 6.18 Å². The lowest BCUT2D eigenvalue weighted by Gasteiger charge is -2.28. The second-order valence-corrected chi connectivity index (χ2v) is 9.19. The van der Waals surface area contributed by atoms with Gasteiger partial charge in [-0.15, -0.1) is 0 Å². The van der Waals surface area contributed by atoms with Gasteiger partial charge in [0.15, 0.2) is 11.6 Å². The van der Waals surface area contributed by atoms with E-state index in [0.29, 0.717) is 36.9 Å². The molecule has 14 heteroatoms. The number of aldehydes is 1. The van der Waals surface area contributed by atoms with Gasteiger partial charge in [0, 0.05) is 44.4 Å². The first-order valence-electron chi connectivity index (χ1n) is 12.8. The lowest BCUT2D eigenvalue weighted by atomic mass is 9.93. The third kappa shape index (κ3) is 8.36. The molecular weight excluding hydrogens is 531 g/mol. The monoisotopic (exact) mass is 565 g/mol. The number of carbonyl (C=O) groups excluding carboxylic acids is 2. The van der Waals surface area contributed by atoms with Crippen LogP contribution in [0.2, 0.25) is 0 Å². The van der Waals surface area contributed by atoms with E-state index in [0.717, 1.165) is 67.3 Å². The summed E-state index contributed by atoms with van der Waals surface area (Å²) in [5.41, 5.74) is 4.57. The molecule has 0 spiro atoms. The van der Waals surface area contributed by atoms with E-state index in [-0.39, 0.29) is 0 Å². The number of piperidine rings is 1. The molecule has 2 saturated heterocycles. The van der Waals surface area contributed by atoms with Crippen LogP contribution in [0.5, 0.6) is 0 Å². The summed E-state index contributed by atoms with van der Waals surface area (Å²) in [5.74, 6) is 1.90. The highest BCUT2D eigenvalue weighted by atomic mass is 19.4. The average molecular weight is 566 g/mol. The number of anilines is 2. The molecule has 0 unspecified atom stereocenters. The van der Waals surface area contributed by atoms with Crippen molar-refractivity contribution in [3.8, 4) is 11.4 Å². The second kappa shape index (κ2) is 14.6. The maximum absolute atomic E-state index is 10.4. The minimum atomic E-state index is -4.64. The van der Waals surface area contributed by atoms with Crippen molar-refractivity contribution < 1.29 is 32.0 Å². The molecule has 2 N–H and O–H groups in total. The van der Waals surface area contributed by atoms with Gasteiger partial charge in [-0.25, -0.2) is 9.97 Å². The first-order valence-corrected chi connectivity index (χ1v) is 12.8. The highest BCUT2D eigenvalue weighted by Gasteiger charge is 2.28. The van der Waals surface area contributed by atoms with Gasteiger partial charge in [0.25, 0.3) is 0 Å². The number of nitrogens with zero attached hydrogens (tertiary/aromatic N) is 5. The SMILES string of the molecule is CNC=O.CNc1ccc(-c2nc(N3CCOCC3)c3onc(C4CCN(C)CC4)c3n2)cc1.O=CC(F)(F)F. The Hall–Kier alpha value is -3.78. The van der Waals surface area contributed by atoms with Crippen LogP contribution in [0.1, 0.15) is 24.5 Å². The number of likely N-dealkylation sites (tertiary alicyclic amines) is 1. The first kappa shape index (κ1) is 30.8. The smallest absolute Gasteiger partial charge is 0.388 e. The Morgan fingerprint density at radius 1 is 1.00 bits per heavy atom. The fourth-order valence-electron chi connectivity index (χ4n) is 4.29. The van der Waals surface area contributed by atoms with Crippen molar-refractivity contribution in [3.05, 3.63) is 30.0 Å². The third-order valence-electron chi connectivity index (χ3n) is 6.42. The van der Waals surface area contributed by atoms with E-state index in [1.165, 1.54) is 0 Å². The maximum atomic E-state index is 10.4. The molecule has 3 aromatic rings. The zero-order valence-corrected chi connectivity index (χ0v) is 22.7. The second-order valence-electron chi connectivity index (χ2n) is 9.19. The minimum Gasteiger partial charge on any atom is -0.388 e. The van der Waals surface area contributed by atoms with Gasteiger partial charge in [-0.1, -0.05) is 5.16 Å². The van der Waals surface area contributed by atoms with Gasteiger partial charge < -0.3 is 29.7 Å². The molecule has 0 saturated carbocycles. The zero-order valence-electron chi connectivity index (χ0n) is 22.7. The molecule has 0 aliphatic carbocycles. The van der Waals surface area contributed by atoms with Crippen molar-refractivity contribution in [1.29, 1.82) is 0 Å². The number of halogens is 3. The third-order valence-corrected chi connectivity index (χ3v) is 6.42. The van der Waals surface area contributed by atoms with Crippen LogP contribution in [-0.2, 0) is 14.3 Å². The molecular formula is C26H34F3N7O4. The summed E-state index contributed by atoms with van der Waals surface area (Å²) in [6.45, 7) is 5.09. The van der Waals surface area contributed by atoms with Crippen molar-refractivity contribution in [3.63, 3.8) is 0 Å². The molecule has 0 atom stereocenters. The summed E-state index contributed by atoms with van der Waals surface area (Å²) >= 11 is 0. The molecule has 11 nitrogen and oxygen atoms in total. The molecule has 2 aliphatic heterocycles. The predicted molar refractivity (Wildman–Crippen MR) is 144 cm³/mol. The number of amides is 1. The van der Waals surface area contributed by atoms with E-state index in [9.17, 15) is 13.2 Å². The van der Waals surface area contributed by atoms with Gasteiger partial charge in [-0.05, 0) is 57.2 Å². The Balaban J connectivity index is 0.000000381. The molecule has 5 rings (SSSR count). The van der Waals surface area contributed by atoms with Crippen molar-refractivity contribution in [1.82, 2.24) is 25.3 Å². The van der Waals surface area contributed by atoms with Crippen LogP contribution in [0.4, 0.5) is 24.7 Å². The number of nitrogens with one attached hydrogen (secondary N) is 2. The zero-order chi connectivity index (χ0) is 29.1. The number of rotatable bonds is 5. The average Bonchev–Trinajstić information content (AvgIpc) is 3.42. The van der Waals surface area contributed by atoms with Crippen LogP contribution >= 0.6 is 0 Å². The Morgan fingerprint density at radius 3 is 2.12 bits per heavy atom. The van der Waals surface area contributed by atoms with Crippen LogP contribution in [0.3, 0.4) is 0 Å². The number of hydrogen-bond donors (Lipinski definition) is 2. The molecule has 0 bridgehead atoms. The van der Waals surface area contributed by atoms with Gasteiger partial charge in [-0.3, -0.25) is 9.59 Å². The Bertz CT molecular complexity index is 1220. The molecule has 2 aliphatic rings. The number of carbonyl (C=O) groups is 2. The topological polar surface area (TPSA) is 126 Å². The number of benzene rings is 1. The largest absolute Gasteiger partial charge is 0.446 e. The molecule has 0 radical (unpaired) electrons. The van der Waals surface area contributed by atoms with Crippen LogP contribution in [0, 0.1) is 0 Å². The summed E-state index contributed by atoms with van der Waals surface area (Å²) in [4.78, 5) is 32.2. The molecule has 40 heavy (non-hydrogen) atoms. The summed E-state index contributed by atoms with van der Waals surface area (Å²) in [6, 6.07) is 8.20. The summed E-state index contributed by atoms with van der Waals surface area (Å²) in [6.07, 6.45) is -2.94. The summed E-state index contributed by atoms with van der Waals surface area (Å²) in [7, 11) is 5.65. The number of alkyl halides is 3. The van der Waals surface area contributed by atoms with E-state index in [1.54, 1.807) is 7.05 Å². The van der Waals surface area contributed by atoms with Gasteiger partial charge in [0.05, 0.1) is 13.2 Å². The Kier molecular flexibility index (Phi) is 11.2. The number of hydrogen-bond acceptors (Lipinski definition) is 10. The quantitative estimate of drug-likeness (QED) is 0.446. The standard InChI is InChI=1S/C22H28N6O2.C2HF3O.C2H5NO/c1-23-17-5-3-16(4-6-17)21-24-19-18(15-7-9-27(2)10-8-15)26-30-20(19)22(25-21)28-11-13-29-14-12-28;3-2(4,5)1-6;1-3-2-4/h3-6,15,23H,7-14H2,1-2H3;1H;2H,1H3,(H,3,4). The lowest BCUT2D eigenvalue weighted by molar-refractivity contribution is -0.156. The van der Waals surface area contributed by atoms with Crippen molar-refractivity contribution in [2.24, 2.45) is 0 Å². The van der Waals surface area contributed by atoms with E-state index < -0.39 is 12.5 Å². The highest BCUT2D eigenvalue weighted by Crippen LogP contribution is 2.36. The number of morpholine rings is 1. The van der Waals surface area contributed by atoms with Crippen molar-refractivity contribution >= 4 is 35.3 Å². The minimum absolute atomic E-state index is 0.370. The van der Waals surface area contributed by atoms with E-state index >= 15 is 0 Å². The predicted octanol–water partition coefficient (Wildman–Crippen LogP) is 3.08. The lowest BCUT2D eigenvalue weighted by Crippen LogP contribution is -2.37. The molecule has 2 aromatic heterocycles. The van der Waals surface area contributed by atoms with Crippen LogP contribution in [-0.4, -0.2) is 99.4 Å². The van der Waals surface area contributed by atoms with E-state index in [4.69, 9.17) is 28.8 Å². The van der Waals surface area contributed by atoms with Crippen LogP contribution in [0.25, 0.3) is 22.5 Å².